The summed E-state index contributed by atoms with van der Waals surface area (Å²) in [6, 6.07) is 2.58. The molecule has 2 atom stereocenters. The minimum Gasteiger partial charge on any atom is -0.367 e. The SMILES string of the molecule is CCSC1CCC(Nc2cc(C)nc3ncnn23)C1. The Morgan fingerprint density at radius 2 is 2.37 bits per heavy atom. The third-order valence-corrected chi connectivity index (χ3v) is 4.75. The van der Waals surface area contributed by atoms with Crippen LogP contribution in [0.25, 0.3) is 5.78 Å². The molecule has 1 aliphatic carbocycles. The molecule has 2 heterocycles. The van der Waals surface area contributed by atoms with Crippen LogP contribution in [0.3, 0.4) is 0 Å². The zero-order valence-electron chi connectivity index (χ0n) is 11.3. The first-order valence-corrected chi connectivity index (χ1v) is 7.86. The Labute approximate surface area is 117 Å². The first-order chi connectivity index (χ1) is 9.26. The van der Waals surface area contributed by atoms with Gasteiger partial charge in [-0.25, -0.2) is 4.98 Å². The van der Waals surface area contributed by atoms with Crippen molar-refractivity contribution in [1.29, 1.82) is 0 Å². The summed E-state index contributed by atoms with van der Waals surface area (Å²) in [6.07, 6.45) is 5.32. The number of nitrogens with one attached hydrogen (secondary N) is 1. The largest absolute Gasteiger partial charge is 0.367 e. The lowest BCUT2D eigenvalue weighted by Crippen LogP contribution is -2.18. The molecule has 1 saturated carbocycles. The summed E-state index contributed by atoms with van der Waals surface area (Å²) in [7, 11) is 0. The van der Waals surface area contributed by atoms with Gasteiger partial charge in [-0.2, -0.15) is 26.4 Å². The van der Waals surface area contributed by atoms with E-state index in [4.69, 9.17) is 0 Å². The van der Waals surface area contributed by atoms with Crippen LogP contribution in [0.5, 0.6) is 0 Å². The summed E-state index contributed by atoms with van der Waals surface area (Å²) >= 11 is 2.07. The molecule has 0 aliphatic heterocycles. The van der Waals surface area contributed by atoms with E-state index in [1.54, 1.807) is 10.8 Å². The van der Waals surface area contributed by atoms with Gasteiger partial charge in [0.1, 0.15) is 12.1 Å². The molecule has 5 nitrogen and oxygen atoms in total. The highest BCUT2D eigenvalue weighted by Gasteiger charge is 2.25. The number of aryl methyl sites for hydroxylation is 1. The normalized spacial score (nSPS) is 23.1. The van der Waals surface area contributed by atoms with Crippen molar-refractivity contribution in [2.24, 2.45) is 0 Å². The summed E-state index contributed by atoms with van der Waals surface area (Å²) in [4.78, 5) is 8.52. The minimum atomic E-state index is 0.540. The molecule has 6 heteroatoms. The van der Waals surface area contributed by atoms with Crippen LogP contribution in [-0.2, 0) is 0 Å². The zero-order valence-corrected chi connectivity index (χ0v) is 12.2. The molecule has 3 rings (SSSR count). The first kappa shape index (κ1) is 12.7. The maximum Gasteiger partial charge on any atom is 0.254 e. The standard InChI is InChI=1S/C13H19N5S/c1-3-19-11-5-4-10(7-11)17-12-6-9(2)16-13-14-8-15-18(12)13/h6,8,10-11,17H,3-5,7H2,1-2H3. The van der Waals surface area contributed by atoms with Crippen molar-refractivity contribution in [3.05, 3.63) is 18.1 Å². The van der Waals surface area contributed by atoms with Crippen molar-refractivity contribution in [2.75, 3.05) is 11.1 Å². The van der Waals surface area contributed by atoms with Crippen LogP contribution in [-0.4, -0.2) is 36.6 Å². The fraction of sp³-hybridized carbons (Fsp3) is 0.615. The van der Waals surface area contributed by atoms with E-state index in [0.29, 0.717) is 11.8 Å². The third kappa shape index (κ3) is 2.68. The van der Waals surface area contributed by atoms with Gasteiger partial charge in [0.15, 0.2) is 0 Å². The highest BCUT2D eigenvalue weighted by molar-refractivity contribution is 7.99. The highest BCUT2D eigenvalue weighted by Crippen LogP contribution is 2.31. The molecule has 2 aromatic heterocycles. The van der Waals surface area contributed by atoms with Crippen LogP contribution in [0, 0.1) is 6.92 Å². The summed E-state index contributed by atoms with van der Waals surface area (Å²) in [5, 5.41) is 8.64. The number of rotatable bonds is 4. The van der Waals surface area contributed by atoms with Gasteiger partial charge in [-0.15, -0.1) is 0 Å². The van der Waals surface area contributed by atoms with E-state index in [1.807, 2.05) is 13.0 Å². The highest BCUT2D eigenvalue weighted by atomic mass is 32.2. The summed E-state index contributed by atoms with van der Waals surface area (Å²) in [5.41, 5.74) is 0.973. The van der Waals surface area contributed by atoms with Gasteiger partial charge >= 0.3 is 0 Å². The predicted octanol–water partition coefficient (Wildman–Crippen LogP) is 2.52. The number of thioether (sulfide) groups is 1. The molecular weight excluding hydrogens is 258 g/mol. The van der Waals surface area contributed by atoms with Crippen molar-refractivity contribution < 1.29 is 0 Å². The average molecular weight is 277 g/mol. The van der Waals surface area contributed by atoms with Crippen LogP contribution < -0.4 is 5.32 Å². The molecule has 1 fully saturated rings. The number of nitrogens with zero attached hydrogens (tertiary/aromatic N) is 4. The number of fused-ring (bicyclic) bond motifs is 1. The molecule has 0 spiro atoms. The van der Waals surface area contributed by atoms with E-state index in [-0.39, 0.29) is 0 Å². The van der Waals surface area contributed by atoms with Crippen LogP contribution in [0.4, 0.5) is 5.82 Å². The topological polar surface area (TPSA) is 55.1 Å². The fourth-order valence-corrected chi connectivity index (χ4v) is 3.84. The summed E-state index contributed by atoms with van der Waals surface area (Å²) in [5.74, 6) is 2.88. The Morgan fingerprint density at radius 1 is 1.47 bits per heavy atom. The Morgan fingerprint density at radius 3 is 3.21 bits per heavy atom. The molecular formula is C13H19N5S. The summed E-state index contributed by atoms with van der Waals surface area (Å²) < 4.78 is 1.79. The molecule has 0 aromatic carbocycles. The van der Waals surface area contributed by atoms with Crippen LogP contribution in [0.1, 0.15) is 31.9 Å². The first-order valence-electron chi connectivity index (χ1n) is 6.81. The van der Waals surface area contributed by atoms with Gasteiger partial charge in [-0.3, -0.25) is 0 Å². The minimum absolute atomic E-state index is 0.540. The smallest absolute Gasteiger partial charge is 0.254 e. The van der Waals surface area contributed by atoms with E-state index in [9.17, 15) is 0 Å². The van der Waals surface area contributed by atoms with Crippen LogP contribution in [0.2, 0.25) is 0 Å². The molecule has 1 aliphatic rings. The van der Waals surface area contributed by atoms with Crippen LogP contribution >= 0.6 is 11.8 Å². The molecule has 0 amide bonds. The summed E-state index contributed by atoms with van der Waals surface area (Å²) in [6.45, 7) is 4.22. The quantitative estimate of drug-likeness (QED) is 0.930. The maximum absolute atomic E-state index is 4.36. The zero-order chi connectivity index (χ0) is 13.2. The lowest BCUT2D eigenvalue weighted by atomic mass is 10.2. The van der Waals surface area contributed by atoms with E-state index in [2.05, 4.69) is 39.1 Å². The van der Waals surface area contributed by atoms with Gasteiger partial charge in [-0.1, -0.05) is 6.92 Å². The van der Waals surface area contributed by atoms with Crippen molar-refractivity contribution >= 4 is 23.4 Å². The number of hydrogen-bond acceptors (Lipinski definition) is 5. The molecule has 2 aromatic rings. The van der Waals surface area contributed by atoms with E-state index in [1.165, 1.54) is 25.0 Å². The lowest BCUT2D eigenvalue weighted by molar-refractivity contribution is 0.741. The van der Waals surface area contributed by atoms with Crippen molar-refractivity contribution in [1.82, 2.24) is 19.6 Å². The molecule has 102 valence electrons. The molecule has 0 radical (unpaired) electrons. The van der Waals surface area contributed by atoms with Gasteiger partial charge < -0.3 is 5.32 Å². The Bertz CT molecular complexity index is 567. The lowest BCUT2D eigenvalue weighted by Gasteiger charge is -2.15. The van der Waals surface area contributed by atoms with Crippen LogP contribution in [0.15, 0.2) is 12.4 Å². The van der Waals surface area contributed by atoms with E-state index >= 15 is 0 Å². The second kappa shape index (κ2) is 5.36. The van der Waals surface area contributed by atoms with Crippen molar-refractivity contribution in [2.45, 2.75) is 44.4 Å². The molecule has 0 bridgehead atoms. The Kier molecular flexibility index (Phi) is 3.59. The van der Waals surface area contributed by atoms with E-state index in [0.717, 1.165) is 16.8 Å². The predicted molar refractivity (Wildman–Crippen MR) is 78.7 cm³/mol. The van der Waals surface area contributed by atoms with Gasteiger partial charge in [0, 0.05) is 23.1 Å². The van der Waals surface area contributed by atoms with Crippen molar-refractivity contribution in [3.8, 4) is 0 Å². The second-order valence-electron chi connectivity index (χ2n) is 4.99. The Balaban J connectivity index is 1.77. The fourth-order valence-electron chi connectivity index (χ4n) is 2.70. The third-order valence-electron chi connectivity index (χ3n) is 3.52. The van der Waals surface area contributed by atoms with Gasteiger partial charge in [0.25, 0.3) is 5.78 Å². The number of hydrogen-bond donors (Lipinski definition) is 1. The van der Waals surface area contributed by atoms with Gasteiger partial charge in [0.05, 0.1) is 0 Å². The van der Waals surface area contributed by atoms with Gasteiger partial charge in [0.2, 0.25) is 0 Å². The van der Waals surface area contributed by atoms with Gasteiger partial charge in [-0.05, 0) is 31.9 Å². The number of anilines is 1. The molecule has 2 unspecified atom stereocenters. The Hall–Kier alpha value is -1.30. The average Bonchev–Trinajstić information content (AvgIpc) is 2.98. The van der Waals surface area contributed by atoms with Crippen molar-refractivity contribution in [3.63, 3.8) is 0 Å². The molecule has 19 heavy (non-hydrogen) atoms. The maximum atomic E-state index is 4.36. The monoisotopic (exact) mass is 277 g/mol. The molecule has 1 N–H and O–H groups in total. The van der Waals surface area contributed by atoms with E-state index < -0.39 is 0 Å². The number of aromatic nitrogens is 4. The molecule has 0 saturated heterocycles. The second-order valence-corrected chi connectivity index (χ2v) is 6.56.